The van der Waals surface area contributed by atoms with Crippen molar-refractivity contribution in [2.75, 3.05) is 25.5 Å². The van der Waals surface area contributed by atoms with Crippen LogP contribution in [0.2, 0.25) is 0 Å². The summed E-state index contributed by atoms with van der Waals surface area (Å²) in [5, 5.41) is 3.27. The van der Waals surface area contributed by atoms with Crippen molar-refractivity contribution in [1.82, 2.24) is 20.1 Å². The lowest BCUT2D eigenvalue weighted by molar-refractivity contribution is -0.133. The first kappa shape index (κ1) is 21.2. The summed E-state index contributed by atoms with van der Waals surface area (Å²) < 4.78 is 6.04. The minimum Gasteiger partial charge on any atom is -0.423 e. The molecule has 3 fully saturated rings. The lowest BCUT2D eigenvalue weighted by Gasteiger charge is -2.47. The molecule has 172 valence electrons. The van der Waals surface area contributed by atoms with Gasteiger partial charge in [0.05, 0.1) is 5.56 Å². The number of para-hydroxylation sites is 1. The standard InChI is InChI=1S/C24H33N5O3/c1-14-13-27(3)23(31)15(2)29(14)24-26-21-19(9-6-10-20(21)32-24)22(30)25-16-11-17-7-5-8-18(12-16)28(17)4/h6,9-10,14-18H,5,7-8,11-13H2,1-4H3,(H,25,30)/t14-,15-,16?,17?,18?/m0/s1. The van der Waals surface area contributed by atoms with Crippen molar-refractivity contribution in [3.63, 3.8) is 0 Å². The predicted octanol–water partition coefficient (Wildman–Crippen LogP) is 2.63. The van der Waals surface area contributed by atoms with Gasteiger partial charge in [-0.2, -0.15) is 4.98 Å². The van der Waals surface area contributed by atoms with Crippen LogP contribution in [0.25, 0.3) is 11.1 Å². The summed E-state index contributed by atoms with van der Waals surface area (Å²) in [6, 6.07) is 6.86. The smallest absolute Gasteiger partial charge is 0.299 e. The molecule has 3 aliphatic heterocycles. The third-order valence-corrected chi connectivity index (χ3v) is 7.71. The molecule has 1 N–H and O–H groups in total. The number of amides is 2. The minimum atomic E-state index is -0.368. The Morgan fingerprint density at radius 3 is 2.59 bits per heavy atom. The van der Waals surface area contributed by atoms with Crippen LogP contribution in [0.15, 0.2) is 22.6 Å². The number of carbonyl (C=O) groups excluding carboxylic acids is 2. The Bertz CT molecular complexity index is 1020. The van der Waals surface area contributed by atoms with E-state index in [0.29, 0.717) is 41.3 Å². The van der Waals surface area contributed by atoms with Gasteiger partial charge in [0.2, 0.25) is 5.91 Å². The van der Waals surface area contributed by atoms with Gasteiger partial charge in [0, 0.05) is 37.8 Å². The number of likely N-dealkylation sites (N-methyl/N-ethyl adjacent to an activating group) is 1. The second-order valence-corrected chi connectivity index (χ2v) is 9.85. The Hall–Kier alpha value is -2.61. The van der Waals surface area contributed by atoms with Crippen LogP contribution in [-0.2, 0) is 4.79 Å². The summed E-state index contributed by atoms with van der Waals surface area (Å²) in [5.41, 5.74) is 1.65. The number of anilines is 1. The SMILES string of the molecule is C[C@H]1CN(C)C(=O)[C@H](C)N1c1nc2c(C(=O)NC3CC4CCCC(C3)N4C)cccc2o1. The monoisotopic (exact) mass is 439 g/mol. The Balaban J connectivity index is 1.39. The number of piperidine rings is 2. The van der Waals surface area contributed by atoms with E-state index in [0.717, 1.165) is 12.8 Å². The molecule has 0 saturated carbocycles. The maximum Gasteiger partial charge on any atom is 0.299 e. The third kappa shape index (κ3) is 3.54. The zero-order chi connectivity index (χ0) is 22.6. The Morgan fingerprint density at radius 1 is 1.16 bits per heavy atom. The summed E-state index contributed by atoms with van der Waals surface area (Å²) in [6.45, 7) is 4.53. The number of nitrogens with one attached hydrogen (secondary N) is 1. The summed E-state index contributed by atoms with van der Waals surface area (Å²) in [4.78, 5) is 36.6. The number of hydrogen-bond acceptors (Lipinski definition) is 6. The number of oxazole rings is 1. The molecule has 0 radical (unpaired) electrons. The van der Waals surface area contributed by atoms with Gasteiger partial charge in [-0.25, -0.2) is 0 Å². The predicted molar refractivity (Wildman–Crippen MR) is 123 cm³/mol. The van der Waals surface area contributed by atoms with Gasteiger partial charge in [-0.3, -0.25) is 9.59 Å². The van der Waals surface area contributed by atoms with Gasteiger partial charge in [-0.1, -0.05) is 12.5 Å². The highest BCUT2D eigenvalue weighted by molar-refractivity contribution is 6.05. The van der Waals surface area contributed by atoms with E-state index in [2.05, 4.69) is 24.2 Å². The lowest BCUT2D eigenvalue weighted by Crippen LogP contribution is -2.59. The van der Waals surface area contributed by atoms with Gasteiger partial charge in [0.15, 0.2) is 5.58 Å². The minimum absolute atomic E-state index is 0.0381. The molecule has 3 aliphatic rings. The van der Waals surface area contributed by atoms with Gasteiger partial charge >= 0.3 is 0 Å². The topological polar surface area (TPSA) is 81.9 Å². The van der Waals surface area contributed by atoms with Crippen LogP contribution in [-0.4, -0.2) is 77.4 Å². The number of fused-ring (bicyclic) bond motifs is 3. The Labute approximate surface area is 188 Å². The van der Waals surface area contributed by atoms with Crippen molar-refractivity contribution in [2.24, 2.45) is 0 Å². The fraction of sp³-hybridized carbons (Fsp3) is 0.625. The van der Waals surface area contributed by atoms with E-state index in [1.54, 1.807) is 4.90 Å². The molecule has 1 aromatic heterocycles. The maximum absolute atomic E-state index is 13.3. The normalized spacial score (nSPS) is 31.2. The van der Waals surface area contributed by atoms with Crippen molar-refractivity contribution in [3.05, 3.63) is 23.8 Å². The molecule has 2 aromatic rings. The molecule has 8 nitrogen and oxygen atoms in total. The second kappa shape index (κ2) is 8.06. The lowest BCUT2D eigenvalue weighted by atomic mass is 9.82. The van der Waals surface area contributed by atoms with E-state index in [9.17, 15) is 9.59 Å². The van der Waals surface area contributed by atoms with Crippen molar-refractivity contribution in [1.29, 1.82) is 0 Å². The van der Waals surface area contributed by atoms with Gasteiger partial charge in [0.1, 0.15) is 11.6 Å². The van der Waals surface area contributed by atoms with E-state index in [1.165, 1.54) is 19.3 Å². The summed E-state index contributed by atoms with van der Waals surface area (Å²) in [7, 11) is 4.04. The molecule has 2 bridgehead atoms. The molecule has 0 spiro atoms. The zero-order valence-corrected chi connectivity index (χ0v) is 19.4. The third-order valence-electron chi connectivity index (χ3n) is 7.71. The van der Waals surface area contributed by atoms with Crippen LogP contribution in [0.4, 0.5) is 6.01 Å². The van der Waals surface area contributed by atoms with Crippen LogP contribution >= 0.6 is 0 Å². The molecular formula is C24H33N5O3. The van der Waals surface area contributed by atoms with E-state index in [4.69, 9.17) is 9.40 Å². The van der Waals surface area contributed by atoms with Crippen molar-refractivity contribution < 1.29 is 14.0 Å². The zero-order valence-electron chi connectivity index (χ0n) is 19.4. The first-order valence-electron chi connectivity index (χ1n) is 11.8. The molecule has 3 saturated heterocycles. The van der Waals surface area contributed by atoms with Crippen molar-refractivity contribution >= 4 is 28.9 Å². The molecule has 8 heteroatoms. The van der Waals surface area contributed by atoms with E-state index >= 15 is 0 Å². The number of rotatable bonds is 3. The van der Waals surface area contributed by atoms with Gasteiger partial charge in [0.25, 0.3) is 11.9 Å². The highest BCUT2D eigenvalue weighted by atomic mass is 16.4. The van der Waals surface area contributed by atoms with E-state index in [-0.39, 0.29) is 29.9 Å². The quantitative estimate of drug-likeness (QED) is 0.792. The maximum atomic E-state index is 13.3. The molecule has 1 aromatic carbocycles. The summed E-state index contributed by atoms with van der Waals surface area (Å²) in [6.07, 6.45) is 5.70. The number of carbonyl (C=O) groups is 2. The van der Waals surface area contributed by atoms with Crippen LogP contribution < -0.4 is 10.2 Å². The van der Waals surface area contributed by atoms with Crippen LogP contribution in [0.3, 0.4) is 0 Å². The summed E-state index contributed by atoms with van der Waals surface area (Å²) in [5.74, 6) is -0.0604. The molecule has 32 heavy (non-hydrogen) atoms. The Kier molecular flexibility index (Phi) is 5.35. The highest BCUT2D eigenvalue weighted by Crippen LogP contribution is 2.33. The van der Waals surface area contributed by atoms with Crippen LogP contribution in [0.1, 0.15) is 56.3 Å². The summed E-state index contributed by atoms with van der Waals surface area (Å²) >= 11 is 0. The van der Waals surface area contributed by atoms with Crippen molar-refractivity contribution in [3.8, 4) is 0 Å². The average Bonchev–Trinajstić information content (AvgIpc) is 3.16. The van der Waals surface area contributed by atoms with Crippen molar-refractivity contribution in [2.45, 2.75) is 76.2 Å². The second-order valence-electron chi connectivity index (χ2n) is 9.85. The fourth-order valence-electron chi connectivity index (χ4n) is 5.98. The molecule has 2 unspecified atom stereocenters. The number of aromatic nitrogens is 1. The van der Waals surface area contributed by atoms with E-state index in [1.807, 2.05) is 37.1 Å². The number of piperazine rings is 1. The average molecular weight is 440 g/mol. The first-order chi connectivity index (χ1) is 15.3. The first-order valence-corrected chi connectivity index (χ1v) is 11.8. The van der Waals surface area contributed by atoms with Gasteiger partial charge in [-0.05, 0) is 58.7 Å². The molecule has 2 amide bonds. The van der Waals surface area contributed by atoms with Crippen LogP contribution in [0.5, 0.6) is 0 Å². The number of benzene rings is 1. The largest absolute Gasteiger partial charge is 0.423 e. The Morgan fingerprint density at radius 2 is 1.88 bits per heavy atom. The molecular weight excluding hydrogens is 406 g/mol. The van der Waals surface area contributed by atoms with Crippen LogP contribution in [0, 0.1) is 0 Å². The highest BCUT2D eigenvalue weighted by Gasteiger charge is 2.38. The van der Waals surface area contributed by atoms with E-state index < -0.39 is 0 Å². The fourth-order valence-corrected chi connectivity index (χ4v) is 5.98. The number of hydrogen-bond donors (Lipinski definition) is 1. The van der Waals surface area contributed by atoms with Gasteiger partial charge < -0.3 is 24.4 Å². The van der Waals surface area contributed by atoms with Gasteiger partial charge in [-0.15, -0.1) is 0 Å². The molecule has 4 heterocycles. The molecule has 4 atom stereocenters. The molecule has 5 rings (SSSR count). The molecule has 0 aliphatic carbocycles. The number of nitrogens with zero attached hydrogens (tertiary/aromatic N) is 4.